The van der Waals surface area contributed by atoms with Gasteiger partial charge in [0.05, 0.1) is 17.5 Å². The molecule has 1 N–H and O–H groups in total. The summed E-state index contributed by atoms with van der Waals surface area (Å²) in [7, 11) is 0. The Kier molecular flexibility index (Phi) is 2.64. The van der Waals surface area contributed by atoms with Gasteiger partial charge in [0.2, 0.25) is 0 Å². The fraction of sp³-hybridized carbons (Fsp3) is 0. The van der Waals surface area contributed by atoms with Crippen LogP contribution in [0.2, 0.25) is 0 Å². The molecule has 76 valence electrons. The van der Waals surface area contributed by atoms with E-state index in [2.05, 4.69) is 26.1 Å². The first-order valence-corrected chi connectivity index (χ1v) is 4.95. The van der Waals surface area contributed by atoms with Gasteiger partial charge in [0.1, 0.15) is 5.82 Å². The molecule has 0 unspecified atom stereocenters. The van der Waals surface area contributed by atoms with Crippen LogP contribution in [-0.2, 0) is 0 Å². The van der Waals surface area contributed by atoms with Crippen molar-refractivity contribution < 1.29 is 9.18 Å². The molecular formula is C10H6BrFN2O. The number of nitrogens with zero attached hydrogens (tertiary/aromatic N) is 1. The van der Waals surface area contributed by atoms with Crippen LogP contribution in [0.5, 0.6) is 0 Å². The van der Waals surface area contributed by atoms with E-state index in [0.717, 1.165) is 0 Å². The van der Waals surface area contributed by atoms with Gasteiger partial charge >= 0.3 is 0 Å². The number of rotatable bonds is 2. The third-order valence-electron chi connectivity index (χ3n) is 2.00. The van der Waals surface area contributed by atoms with Gasteiger partial charge in [-0.2, -0.15) is 5.10 Å². The number of carbonyl (C=O) groups is 1. The Morgan fingerprint density at radius 2 is 2.27 bits per heavy atom. The third kappa shape index (κ3) is 1.83. The van der Waals surface area contributed by atoms with E-state index in [1.807, 2.05) is 0 Å². The van der Waals surface area contributed by atoms with Gasteiger partial charge in [-0.1, -0.05) is 0 Å². The molecule has 0 fully saturated rings. The third-order valence-corrected chi connectivity index (χ3v) is 2.65. The highest BCUT2D eigenvalue weighted by Gasteiger charge is 2.10. The monoisotopic (exact) mass is 268 g/mol. The summed E-state index contributed by atoms with van der Waals surface area (Å²) in [5.74, 6) is -0.335. The Bertz CT molecular complexity index is 510. The van der Waals surface area contributed by atoms with Crippen molar-refractivity contribution in [3.05, 3.63) is 40.2 Å². The lowest BCUT2D eigenvalue weighted by Gasteiger charge is -2.02. The van der Waals surface area contributed by atoms with Gasteiger partial charge in [0, 0.05) is 10.0 Å². The average Bonchev–Trinajstić information content (AvgIpc) is 2.65. The van der Waals surface area contributed by atoms with E-state index >= 15 is 0 Å². The van der Waals surface area contributed by atoms with Crippen molar-refractivity contribution >= 4 is 22.2 Å². The second kappa shape index (κ2) is 3.94. The molecule has 0 aliphatic carbocycles. The van der Waals surface area contributed by atoms with Crippen LogP contribution in [0, 0.1) is 5.82 Å². The fourth-order valence-corrected chi connectivity index (χ4v) is 1.84. The van der Waals surface area contributed by atoms with Gasteiger partial charge in [-0.05, 0) is 34.1 Å². The lowest BCUT2D eigenvalue weighted by atomic mass is 10.1. The average molecular weight is 269 g/mol. The van der Waals surface area contributed by atoms with E-state index in [9.17, 15) is 9.18 Å². The van der Waals surface area contributed by atoms with E-state index in [1.165, 1.54) is 18.3 Å². The molecule has 1 aromatic heterocycles. The topological polar surface area (TPSA) is 45.8 Å². The predicted octanol–water partition coefficient (Wildman–Crippen LogP) is 2.79. The lowest BCUT2D eigenvalue weighted by Crippen LogP contribution is -1.86. The molecule has 0 radical (unpaired) electrons. The molecule has 0 saturated carbocycles. The molecule has 3 nitrogen and oxygen atoms in total. The zero-order valence-corrected chi connectivity index (χ0v) is 9.08. The molecule has 0 aliphatic rings. The van der Waals surface area contributed by atoms with Crippen LogP contribution in [-0.4, -0.2) is 16.5 Å². The van der Waals surface area contributed by atoms with E-state index < -0.39 is 0 Å². The highest BCUT2D eigenvalue weighted by Crippen LogP contribution is 2.28. The van der Waals surface area contributed by atoms with Crippen molar-refractivity contribution in [2.75, 3.05) is 0 Å². The summed E-state index contributed by atoms with van der Waals surface area (Å²) >= 11 is 3.23. The van der Waals surface area contributed by atoms with E-state index in [1.54, 1.807) is 6.07 Å². The first-order valence-electron chi connectivity index (χ1n) is 4.16. The largest absolute Gasteiger partial charge is 0.298 e. The van der Waals surface area contributed by atoms with Gasteiger partial charge in [0.15, 0.2) is 6.29 Å². The Balaban J connectivity index is 2.59. The number of benzene rings is 1. The quantitative estimate of drug-likeness (QED) is 0.852. The zero-order valence-electron chi connectivity index (χ0n) is 7.50. The van der Waals surface area contributed by atoms with Gasteiger partial charge < -0.3 is 0 Å². The van der Waals surface area contributed by atoms with Crippen molar-refractivity contribution in [3.63, 3.8) is 0 Å². The van der Waals surface area contributed by atoms with E-state index in [-0.39, 0.29) is 5.82 Å². The van der Waals surface area contributed by atoms with Crippen LogP contribution in [0.25, 0.3) is 11.3 Å². The number of carbonyl (C=O) groups excluding carboxylic acids is 1. The molecule has 2 rings (SSSR count). The summed E-state index contributed by atoms with van der Waals surface area (Å²) in [4.78, 5) is 10.7. The van der Waals surface area contributed by atoms with Crippen LogP contribution in [0.15, 0.2) is 28.9 Å². The second-order valence-corrected chi connectivity index (χ2v) is 3.80. The first-order chi connectivity index (χ1) is 7.22. The summed E-state index contributed by atoms with van der Waals surface area (Å²) in [6.07, 6.45) is 2.13. The standard InChI is InChI=1S/C10H6BrFN2O/c11-9-3-7(12)1-2-8(9)10-6(5-15)4-13-14-10/h1-5H,(H,13,14). The van der Waals surface area contributed by atoms with E-state index in [0.29, 0.717) is 27.6 Å². The van der Waals surface area contributed by atoms with Crippen molar-refractivity contribution in [1.29, 1.82) is 0 Å². The van der Waals surface area contributed by atoms with Crippen LogP contribution >= 0.6 is 15.9 Å². The molecule has 0 saturated heterocycles. The number of nitrogens with one attached hydrogen (secondary N) is 1. The summed E-state index contributed by atoms with van der Waals surface area (Å²) in [5, 5.41) is 6.46. The first kappa shape index (κ1) is 10.0. The van der Waals surface area contributed by atoms with Gasteiger partial charge in [-0.15, -0.1) is 0 Å². The van der Waals surface area contributed by atoms with Crippen LogP contribution in [0.4, 0.5) is 4.39 Å². The maximum Gasteiger partial charge on any atom is 0.153 e. The van der Waals surface area contributed by atoms with Crippen molar-refractivity contribution in [3.8, 4) is 11.3 Å². The van der Waals surface area contributed by atoms with Crippen LogP contribution < -0.4 is 0 Å². The highest BCUT2D eigenvalue weighted by molar-refractivity contribution is 9.10. The summed E-state index contributed by atoms with van der Waals surface area (Å²) in [5.41, 5.74) is 1.73. The molecular weight excluding hydrogens is 263 g/mol. The maximum atomic E-state index is 12.8. The van der Waals surface area contributed by atoms with Crippen molar-refractivity contribution in [2.45, 2.75) is 0 Å². The Morgan fingerprint density at radius 3 is 2.93 bits per heavy atom. The number of aromatic nitrogens is 2. The lowest BCUT2D eigenvalue weighted by molar-refractivity contribution is 0.112. The van der Waals surface area contributed by atoms with Crippen LogP contribution in [0.1, 0.15) is 10.4 Å². The molecule has 15 heavy (non-hydrogen) atoms. The van der Waals surface area contributed by atoms with Gasteiger partial charge in [0.25, 0.3) is 0 Å². The number of halogens is 2. The predicted molar refractivity (Wildman–Crippen MR) is 57.1 cm³/mol. The van der Waals surface area contributed by atoms with Gasteiger partial charge in [-0.25, -0.2) is 4.39 Å². The molecule has 0 amide bonds. The number of H-pyrrole nitrogens is 1. The Morgan fingerprint density at radius 1 is 1.47 bits per heavy atom. The Hall–Kier alpha value is -1.49. The maximum absolute atomic E-state index is 12.8. The smallest absolute Gasteiger partial charge is 0.153 e. The molecule has 0 aliphatic heterocycles. The molecule has 5 heteroatoms. The minimum atomic E-state index is -0.335. The summed E-state index contributed by atoms with van der Waals surface area (Å²) in [6.45, 7) is 0. The minimum absolute atomic E-state index is 0.335. The SMILES string of the molecule is O=Cc1cn[nH]c1-c1ccc(F)cc1Br. The summed E-state index contributed by atoms with van der Waals surface area (Å²) < 4.78 is 13.4. The van der Waals surface area contributed by atoms with Gasteiger partial charge in [-0.3, -0.25) is 9.89 Å². The minimum Gasteiger partial charge on any atom is -0.298 e. The van der Waals surface area contributed by atoms with E-state index in [4.69, 9.17) is 0 Å². The number of aldehydes is 1. The van der Waals surface area contributed by atoms with Crippen LogP contribution in [0.3, 0.4) is 0 Å². The van der Waals surface area contributed by atoms with Crippen molar-refractivity contribution in [2.24, 2.45) is 0 Å². The molecule has 0 spiro atoms. The number of aromatic amines is 1. The molecule has 2 aromatic rings. The number of hydrogen-bond acceptors (Lipinski definition) is 2. The molecule has 0 atom stereocenters. The van der Waals surface area contributed by atoms with Crippen molar-refractivity contribution in [1.82, 2.24) is 10.2 Å². The molecule has 0 bridgehead atoms. The second-order valence-electron chi connectivity index (χ2n) is 2.94. The molecule has 1 heterocycles. The Labute approximate surface area is 93.4 Å². The normalized spacial score (nSPS) is 10.3. The highest BCUT2D eigenvalue weighted by atomic mass is 79.9. The fourth-order valence-electron chi connectivity index (χ4n) is 1.29. The summed E-state index contributed by atoms with van der Waals surface area (Å²) in [6, 6.07) is 4.25. The molecule has 1 aromatic carbocycles. The number of hydrogen-bond donors (Lipinski definition) is 1. The zero-order chi connectivity index (χ0) is 10.8.